The van der Waals surface area contributed by atoms with Gasteiger partial charge in [-0.25, -0.2) is 4.98 Å². The molecule has 2 heterocycles. The number of nitrogens with one attached hydrogen (secondary N) is 1. The second kappa shape index (κ2) is 7.08. The van der Waals surface area contributed by atoms with E-state index in [1.807, 2.05) is 18.4 Å². The van der Waals surface area contributed by atoms with Crippen molar-refractivity contribution >= 4 is 22.4 Å². The first-order chi connectivity index (χ1) is 12.3. The predicted octanol–water partition coefficient (Wildman–Crippen LogP) is 5.43. The number of carbonyl (C=O) groups is 1. The van der Waals surface area contributed by atoms with Crippen molar-refractivity contribution < 1.29 is 9.21 Å². The summed E-state index contributed by atoms with van der Waals surface area (Å²) in [5.41, 5.74) is 8.77. The zero-order chi connectivity index (χ0) is 19.0. The van der Waals surface area contributed by atoms with E-state index in [0.717, 1.165) is 11.5 Å². The summed E-state index contributed by atoms with van der Waals surface area (Å²) in [5.74, 6) is 0.832. The molecule has 4 nitrogen and oxygen atoms in total. The standard InChI is InChI=1S/C21H24N2O2S/c1-11-10-26-21(22-11)23-20(24)19-8-7-17(25-19)9-18-15(5)13(3)12(2)14(4)16(18)6/h7-8,10H,9H2,1-6H3,(H,22,23,24). The monoisotopic (exact) mass is 368 g/mol. The van der Waals surface area contributed by atoms with Gasteiger partial charge in [-0.3, -0.25) is 10.1 Å². The van der Waals surface area contributed by atoms with Crippen LogP contribution in [0, 0.1) is 41.5 Å². The molecule has 0 radical (unpaired) electrons. The fourth-order valence-electron chi connectivity index (χ4n) is 3.18. The minimum atomic E-state index is -0.268. The van der Waals surface area contributed by atoms with Crippen LogP contribution in [0.4, 0.5) is 5.13 Å². The van der Waals surface area contributed by atoms with E-state index in [0.29, 0.717) is 17.3 Å². The number of thiazole rings is 1. The molecule has 0 saturated carbocycles. The van der Waals surface area contributed by atoms with Crippen LogP contribution in [0.5, 0.6) is 0 Å². The maximum Gasteiger partial charge on any atom is 0.293 e. The van der Waals surface area contributed by atoms with Gasteiger partial charge in [-0.2, -0.15) is 0 Å². The molecule has 0 saturated heterocycles. The number of aromatic nitrogens is 1. The van der Waals surface area contributed by atoms with Crippen LogP contribution in [-0.2, 0) is 6.42 Å². The first-order valence-corrected chi connectivity index (χ1v) is 9.54. The topological polar surface area (TPSA) is 55.1 Å². The number of benzene rings is 1. The van der Waals surface area contributed by atoms with Gasteiger partial charge in [0.05, 0.1) is 5.69 Å². The quantitative estimate of drug-likeness (QED) is 0.668. The lowest BCUT2D eigenvalue weighted by Gasteiger charge is -2.18. The summed E-state index contributed by atoms with van der Waals surface area (Å²) in [5, 5.41) is 5.26. The highest BCUT2D eigenvalue weighted by Gasteiger charge is 2.16. The van der Waals surface area contributed by atoms with Crippen molar-refractivity contribution in [3.05, 3.63) is 68.1 Å². The van der Waals surface area contributed by atoms with E-state index in [2.05, 4.69) is 44.9 Å². The lowest BCUT2D eigenvalue weighted by atomic mass is 9.88. The summed E-state index contributed by atoms with van der Waals surface area (Å²) in [6.07, 6.45) is 0.684. The largest absolute Gasteiger partial charge is 0.456 e. The van der Waals surface area contributed by atoms with E-state index in [4.69, 9.17) is 4.42 Å². The van der Waals surface area contributed by atoms with Crippen LogP contribution in [0.25, 0.3) is 0 Å². The normalized spacial score (nSPS) is 11.0. The molecule has 0 aliphatic carbocycles. The average Bonchev–Trinajstić information content (AvgIpc) is 3.24. The van der Waals surface area contributed by atoms with E-state index in [-0.39, 0.29) is 5.91 Å². The molecule has 1 aromatic carbocycles. The fourth-order valence-corrected chi connectivity index (χ4v) is 3.87. The molecule has 26 heavy (non-hydrogen) atoms. The van der Waals surface area contributed by atoms with E-state index < -0.39 is 0 Å². The highest BCUT2D eigenvalue weighted by Crippen LogP contribution is 2.28. The number of amides is 1. The van der Waals surface area contributed by atoms with Gasteiger partial charge in [-0.05, 0) is 87.1 Å². The predicted molar refractivity (Wildman–Crippen MR) is 106 cm³/mol. The molecular weight excluding hydrogens is 344 g/mol. The minimum absolute atomic E-state index is 0.268. The third kappa shape index (κ3) is 3.44. The van der Waals surface area contributed by atoms with Crippen molar-refractivity contribution in [2.45, 2.75) is 48.0 Å². The van der Waals surface area contributed by atoms with Gasteiger partial charge in [0, 0.05) is 11.8 Å². The second-order valence-electron chi connectivity index (χ2n) is 6.79. The second-order valence-corrected chi connectivity index (χ2v) is 7.65. The minimum Gasteiger partial charge on any atom is -0.456 e. The smallest absolute Gasteiger partial charge is 0.293 e. The maximum atomic E-state index is 12.3. The zero-order valence-electron chi connectivity index (χ0n) is 16.1. The fraction of sp³-hybridized carbons (Fsp3) is 0.333. The van der Waals surface area contributed by atoms with E-state index in [1.165, 1.54) is 44.7 Å². The average molecular weight is 369 g/mol. The SMILES string of the molecule is Cc1csc(NC(=O)c2ccc(Cc3c(C)c(C)c(C)c(C)c3C)o2)n1. The Morgan fingerprint density at radius 1 is 1.00 bits per heavy atom. The van der Waals surface area contributed by atoms with Crippen LogP contribution in [0.1, 0.15) is 55.4 Å². The Morgan fingerprint density at radius 3 is 2.19 bits per heavy atom. The van der Waals surface area contributed by atoms with Crippen molar-refractivity contribution in [1.29, 1.82) is 0 Å². The van der Waals surface area contributed by atoms with Crippen molar-refractivity contribution in [3.63, 3.8) is 0 Å². The van der Waals surface area contributed by atoms with Gasteiger partial charge in [0.15, 0.2) is 10.9 Å². The molecule has 136 valence electrons. The van der Waals surface area contributed by atoms with Gasteiger partial charge in [0.1, 0.15) is 5.76 Å². The Morgan fingerprint density at radius 2 is 1.62 bits per heavy atom. The Kier molecular flexibility index (Phi) is 5.01. The van der Waals surface area contributed by atoms with Crippen LogP contribution in [0.2, 0.25) is 0 Å². The molecule has 1 amide bonds. The number of rotatable bonds is 4. The number of carbonyl (C=O) groups excluding carboxylic acids is 1. The molecule has 2 aromatic heterocycles. The zero-order valence-corrected chi connectivity index (χ0v) is 16.9. The third-order valence-electron chi connectivity index (χ3n) is 5.23. The van der Waals surface area contributed by atoms with Crippen LogP contribution in [-0.4, -0.2) is 10.9 Å². The molecule has 0 aliphatic heterocycles. The maximum absolute atomic E-state index is 12.3. The summed E-state index contributed by atoms with van der Waals surface area (Å²) in [7, 11) is 0. The number of nitrogens with zero attached hydrogens (tertiary/aromatic N) is 1. The molecule has 0 atom stereocenters. The van der Waals surface area contributed by atoms with Gasteiger partial charge in [-0.1, -0.05) is 0 Å². The molecule has 5 heteroatoms. The molecular formula is C21H24N2O2S. The van der Waals surface area contributed by atoms with Crippen molar-refractivity contribution in [1.82, 2.24) is 4.98 Å². The van der Waals surface area contributed by atoms with Gasteiger partial charge in [-0.15, -0.1) is 11.3 Å². The Balaban J connectivity index is 1.82. The molecule has 0 fully saturated rings. The highest BCUT2D eigenvalue weighted by molar-refractivity contribution is 7.13. The summed E-state index contributed by atoms with van der Waals surface area (Å²) in [6.45, 7) is 12.7. The van der Waals surface area contributed by atoms with Crippen LogP contribution in [0.15, 0.2) is 21.9 Å². The van der Waals surface area contributed by atoms with Crippen molar-refractivity contribution in [2.24, 2.45) is 0 Å². The van der Waals surface area contributed by atoms with Gasteiger partial charge in [0.2, 0.25) is 0 Å². The lowest BCUT2D eigenvalue weighted by molar-refractivity contribution is 0.0995. The molecule has 3 aromatic rings. The third-order valence-corrected chi connectivity index (χ3v) is 6.11. The van der Waals surface area contributed by atoms with Crippen LogP contribution in [0.3, 0.4) is 0 Å². The van der Waals surface area contributed by atoms with Crippen molar-refractivity contribution in [3.8, 4) is 0 Å². The molecule has 0 spiro atoms. The Hall–Kier alpha value is -2.40. The first-order valence-electron chi connectivity index (χ1n) is 8.66. The van der Waals surface area contributed by atoms with E-state index in [1.54, 1.807) is 6.07 Å². The molecule has 3 rings (SSSR count). The van der Waals surface area contributed by atoms with Gasteiger partial charge in [0.25, 0.3) is 5.91 Å². The Labute approximate surface area is 158 Å². The van der Waals surface area contributed by atoms with E-state index >= 15 is 0 Å². The van der Waals surface area contributed by atoms with Crippen LogP contribution < -0.4 is 5.32 Å². The summed E-state index contributed by atoms with van der Waals surface area (Å²) in [6, 6.07) is 3.61. The lowest BCUT2D eigenvalue weighted by Crippen LogP contribution is -2.10. The molecule has 1 N–H and O–H groups in total. The number of furan rings is 1. The summed E-state index contributed by atoms with van der Waals surface area (Å²) >= 11 is 1.41. The molecule has 0 unspecified atom stereocenters. The summed E-state index contributed by atoms with van der Waals surface area (Å²) in [4.78, 5) is 16.6. The van der Waals surface area contributed by atoms with Gasteiger partial charge >= 0.3 is 0 Å². The molecule has 0 aliphatic rings. The first kappa shape index (κ1) is 18.4. The van der Waals surface area contributed by atoms with Crippen LogP contribution >= 0.6 is 11.3 Å². The van der Waals surface area contributed by atoms with E-state index in [9.17, 15) is 4.79 Å². The van der Waals surface area contributed by atoms with Gasteiger partial charge < -0.3 is 4.42 Å². The number of anilines is 1. The molecule has 0 bridgehead atoms. The highest BCUT2D eigenvalue weighted by atomic mass is 32.1. The summed E-state index contributed by atoms with van der Waals surface area (Å²) < 4.78 is 5.81. The Bertz CT molecular complexity index is 953. The number of aryl methyl sites for hydroxylation is 1. The number of hydrogen-bond acceptors (Lipinski definition) is 4. The van der Waals surface area contributed by atoms with Crippen molar-refractivity contribution in [2.75, 3.05) is 5.32 Å². The number of hydrogen-bond donors (Lipinski definition) is 1.